The smallest absolute Gasteiger partial charge is 0.203 e. The number of ether oxygens (including phenoxy) is 6. The minimum absolute atomic E-state index is 0.279. The molecule has 2 aromatic carbocycles. The van der Waals surface area contributed by atoms with E-state index < -0.39 is 0 Å². The van der Waals surface area contributed by atoms with Gasteiger partial charge in [0.2, 0.25) is 11.5 Å². The Hall–Kier alpha value is -4.01. The lowest BCUT2D eigenvalue weighted by Gasteiger charge is -2.32. The lowest BCUT2D eigenvalue weighted by molar-refractivity contribution is 0.323. The monoisotopic (exact) mass is 495 g/mol. The first-order valence-electron chi connectivity index (χ1n) is 11.6. The Morgan fingerprint density at radius 2 is 1.31 bits per heavy atom. The van der Waals surface area contributed by atoms with E-state index in [1.807, 2.05) is 24.3 Å². The van der Waals surface area contributed by atoms with Gasteiger partial charge in [0.15, 0.2) is 29.0 Å². The summed E-state index contributed by atoms with van der Waals surface area (Å²) in [6.45, 7) is 0. The molecule has 0 radical (unpaired) electrons. The van der Waals surface area contributed by atoms with Crippen molar-refractivity contribution in [3.8, 4) is 34.5 Å². The van der Waals surface area contributed by atoms with Crippen LogP contribution < -0.4 is 39.5 Å². The van der Waals surface area contributed by atoms with Gasteiger partial charge in [-0.3, -0.25) is 0 Å². The second-order valence-corrected chi connectivity index (χ2v) is 8.38. The molecule has 1 aliphatic heterocycles. The Labute approximate surface area is 211 Å². The zero-order valence-corrected chi connectivity index (χ0v) is 21.6. The fourth-order valence-corrected chi connectivity index (χ4v) is 4.80. The minimum atomic E-state index is -0.279. The van der Waals surface area contributed by atoms with Crippen LogP contribution in [0.3, 0.4) is 0 Å². The summed E-state index contributed by atoms with van der Waals surface area (Å²) in [5.41, 5.74) is 11.4. The maximum Gasteiger partial charge on any atom is 0.203 e. The molecule has 0 aromatic heterocycles. The summed E-state index contributed by atoms with van der Waals surface area (Å²) in [4.78, 5) is 4.75. The van der Waals surface area contributed by atoms with E-state index in [0.29, 0.717) is 40.5 Å². The summed E-state index contributed by atoms with van der Waals surface area (Å²) >= 11 is 0. The second-order valence-electron chi connectivity index (χ2n) is 8.38. The van der Waals surface area contributed by atoms with Gasteiger partial charge >= 0.3 is 0 Å². The first-order chi connectivity index (χ1) is 17.5. The third-order valence-corrected chi connectivity index (χ3v) is 6.42. The van der Waals surface area contributed by atoms with Crippen LogP contribution in [0.2, 0.25) is 0 Å². The standard InChI is InChI=1S/C27H33N3O6/c1-31-19-11-15(12-20(32-2)25(19)35-5)10-16-8-7-9-18-23(16)29-27(28)30-24(18)17-13-21(33-3)26(36-6)22(14-17)34-4/h10-14,24H,7-9H2,1-6H3,(H3,28,29,30)/b16-10+. The number of methoxy groups -OCH3 is 6. The molecule has 0 saturated carbocycles. The van der Waals surface area contributed by atoms with Crippen molar-refractivity contribution in [3.63, 3.8) is 0 Å². The number of rotatable bonds is 8. The normalized spacial score (nSPS) is 18.1. The first-order valence-corrected chi connectivity index (χ1v) is 11.6. The van der Waals surface area contributed by atoms with Gasteiger partial charge < -0.3 is 39.5 Å². The van der Waals surface area contributed by atoms with Crippen molar-refractivity contribution in [2.75, 3.05) is 42.7 Å². The number of aliphatic imine (C=N–C) groups is 1. The van der Waals surface area contributed by atoms with Gasteiger partial charge in [-0.15, -0.1) is 0 Å². The van der Waals surface area contributed by atoms with E-state index in [2.05, 4.69) is 11.4 Å². The Morgan fingerprint density at radius 1 is 0.778 bits per heavy atom. The van der Waals surface area contributed by atoms with Gasteiger partial charge in [-0.25, -0.2) is 4.99 Å². The molecular formula is C27H33N3O6. The van der Waals surface area contributed by atoms with Crippen LogP contribution in [-0.2, 0) is 0 Å². The number of allylic oxidation sites excluding steroid dienone is 1. The number of hydrogen-bond acceptors (Lipinski definition) is 9. The van der Waals surface area contributed by atoms with E-state index in [4.69, 9.17) is 39.1 Å². The van der Waals surface area contributed by atoms with Crippen molar-refractivity contribution in [2.24, 2.45) is 10.7 Å². The molecule has 9 nitrogen and oxygen atoms in total. The summed E-state index contributed by atoms with van der Waals surface area (Å²) in [5.74, 6) is 3.79. The average Bonchev–Trinajstić information content (AvgIpc) is 2.91. The van der Waals surface area contributed by atoms with Gasteiger partial charge in [-0.05, 0) is 71.9 Å². The molecule has 4 rings (SSSR count). The second kappa shape index (κ2) is 10.7. The van der Waals surface area contributed by atoms with Gasteiger partial charge in [-0.1, -0.05) is 0 Å². The topological polar surface area (TPSA) is 106 Å². The molecule has 36 heavy (non-hydrogen) atoms. The van der Waals surface area contributed by atoms with E-state index in [1.54, 1.807) is 42.7 Å². The molecule has 1 aliphatic carbocycles. The Morgan fingerprint density at radius 3 is 1.81 bits per heavy atom. The third-order valence-electron chi connectivity index (χ3n) is 6.42. The van der Waals surface area contributed by atoms with E-state index in [9.17, 15) is 0 Å². The molecule has 1 unspecified atom stereocenters. The number of hydrogen-bond donors (Lipinski definition) is 2. The van der Waals surface area contributed by atoms with Crippen LogP contribution in [0.1, 0.15) is 36.4 Å². The number of guanidine groups is 1. The largest absolute Gasteiger partial charge is 0.493 e. The SMILES string of the molecule is COc1cc(/C=C2\CCCC3=C2NC(N)=NC3c2cc(OC)c(OC)c(OC)c2)cc(OC)c1OC. The molecular weight excluding hydrogens is 462 g/mol. The number of nitrogens with two attached hydrogens (primary N) is 1. The molecule has 2 aromatic rings. The molecule has 9 heteroatoms. The maximum absolute atomic E-state index is 6.29. The van der Waals surface area contributed by atoms with Gasteiger partial charge in [0.05, 0.1) is 42.7 Å². The van der Waals surface area contributed by atoms with Crippen LogP contribution >= 0.6 is 0 Å². The minimum Gasteiger partial charge on any atom is -0.493 e. The molecule has 0 bridgehead atoms. The van der Waals surface area contributed by atoms with Gasteiger partial charge in [0, 0.05) is 5.70 Å². The molecule has 1 atom stereocenters. The van der Waals surface area contributed by atoms with Crippen LogP contribution in [0.4, 0.5) is 0 Å². The fourth-order valence-electron chi connectivity index (χ4n) is 4.80. The molecule has 0 saturated heterocycles. The molecule has 0 fully saturated rings. The molecule has 2 aliphatic rings. The van der Waals surface area contributed by atoms with Gasteiger partial charge in [0.1, 0.15) is 6.04 Å². The number of benzene rings is 2. The highest BCUT2D eigenvalue weighted by Gasteiger charge is 2.31. The fraction of sp³-hybridized carbons (Fsp3) is 0.370. The van der Waals surface area contributed by atoms with Crippen molar-refractivity contribution < 1.29 is 28.4 Å². The van der Waals surface area contributed by atoms with Crippen molar-refractivity contribution in [1.82, 2.24) is 5.32 Å². The van der Waals surface area contributed by atoms with E-state index in [1.165, 1.54) is 0 Å². The summed E-state index contributed by atoms with van der Waals surface area (Å²) < 4.78 is 33.2. The summed E-state index contributed by atoms with van der Waals surface area (Å²) in [6, 6.07) is 7.44. The van der Waals surface area contributed by atoms with E-state index in [0.717, 1.165) is 47.2 Å². The maximum atomic E-state index is 6.29. The van der Waals surface area contributed by atoms with E-state index in [-0.39, 0.29) is 6.04 Å². The van der Waals surface area contributed by atoms with Crippen LogP contribution in [0.25, 0.3) is 6.08 Å². The zero-order chi connectivity index (χ0) is 25.8. The lowest BCUT2D eigenvalue weighted by atomic mass is 9.83. The first kappa shape index (κ1) is 25.1. The van der Waals surface area contributed by atoms with Crippen molar-refractivity contribution in [3.05, 3.63) is 52.2 Å². The van der Waals surface area contributed by atoms with Gasteiger partial charge in [0.25, 0.3) is 0 Å². The van der Waals surface area contributed by atoms with Crippen LogP contribution in [0.5, 0.6) is 34.5 Å². The number of nitrogens with one attached hydrogen (secondary N) is 1. The van der Waals surface area contributed by atoms with Crippen LogP contribution in [0, 0.1) is 0 Å². The van der Waals surface area contributed by atoms with E-state index >= 15 is 0 Å². The molecule has 192 valence electrons. The van der Waals surface area contributed by atoms with Crippen LogP contribution in [0.15, 0.2) is 46.1 Å². The number of nitrogens with zero attached hydrogens (tertiary/aromatic N) is 1. The third kappa shape index (κ3) is 4.60. The summed E-state index contributed by atoms with van der Waals surface area (Å²) in [6.07, 6.45) is 4.87. The van der Waals surface area contributed by atoms with Crippen molar-refractivity contribution >= 4 is 12.0 Å². The predicted molar refractivity (Wildman–Crippen MR) is 139 cm³/mol. The Bertz CT molecular complexity index is 1180. The van der Waals surface area contributed by atoms with Crippen molar-refractivity contribution in [2.45, 2.75) is 25.3 Å². The van der Waals surface area contributed by atoms with Crippen molar-refractivity contribution in [1.29, 1.82) is 0 Å². The highest BCUT2D eigenvalue weighted by atomic mass is 16.5. The molecule has 3 N–H and O–H groups in total. The molecule has 1 heterocycles. The van der Waals surface area contributed by atoms with Gasteiger partial charge in [-0.2, -0.15) is 0 Å². The highest BCUT2D eigenvalue weighted by molar-refractivity contribution is 5.84. The zero-order valence-electron chi connectivity index (χ0n) is 21.6. The summed E-state index contributed by atoms with van der Waals surface area (Å²) in [5, 5.41) is 3.31. The molecule has 0 spiro atoms. The highest BCUT2D eigenvalue weighted by Crippen LogP contribution is 2.46. The Balaban J connectivity index is 1.81. The quantitative estimate of drug-likeness (QED) is 0.561. The summed E-state index contributed by atoms with van der Waals surface area (Å²) in [7, 11) is 9.60. The average molecular weight is 496 g/mol. The molecule has 0 amide bonds. The Kier molecular flexibility index (Phi) is 7.47. The van der Waals surface area contributed by atoms with Crippen LogP contribution in [-0.4, -0.2) is 48.6 Å². The predicted octanol–water partition coefficient (Wildman–Crippen LogP) is 4.22. The lowest BCUT2D eigenvalue weighted by Crippen LogP contribution is -2.38.